The van der Waals surface area contributed by atoms with Crippen LogP contribution in [0.2, 0.25) is 0 Å². The van der Waals surface area contributed by atoms with Crippen molar-refractivity contribution in [3.63, 3.8) is 0 Å². The van der Waals surface area contributed by atoms with E-state index in [-0.39, 0.29) is 23.0 Å². The first-order chi connectivity index (χ1) is 12.9. The number of nitrogens with one attached hydrogen (secondary N) is 2. The van der Waals surface area contributed by atoms with Gasteiger partial charge in [-0.3, -0.25) is 9.52 Å². The zero-order chi connectivity index (χ0) is 19.4. The molecular formula is C18H23N5O3S. The number of benzene rings is 1. The van der Waals surface area contributed by atoms with Gasteiger partial charge in [0, 0.05) is 18.8 Å². The number of rotatable bonds is 8. The van der Waals surface area contributed by atoms with Crippen LogP contribution in [0, 0.1) is 0 Å². The highest BCUT2D eigenvalue weighted by Crippen LogP contribution is 2.26. The van der Waals surface area contributed by atoms with Crippen molar-refractivity contribution in [1.29, 1.82) is 0 Å². The summed E-state index contributed by atoms with van der Waals surface area (Å²) in [7, 11) is -3.81. The second kappa shape index (κ2) is 7.91. The van der Waals surface area contributed by atoms with Crippen LogP contribution in [0.15, 0.2) is 35.2 Å². The van der Waals surface area contributed by atoms with Gasteiger partial charge < -0.3 is 10.2 Å². The van der Waals surface area contributed by atoms with Gasteiger partial charge in [0.15, 0.2) is 11.6 Å². The number of amides is 1. The summed E-state index contributed by atoms with van der Waals surface area (Å²) < 4.78 is 27.7. The Hall–Kier alpha value is -2.68. The van der Waals surface area contributed by atoms with Gasteiger partial charge in [0.05, 0.1) is 11.3 Å². The summed E-state index contributed by atoms with van der Waals surface area (Å²) >= 11 is 0. The van der Waals surface area contributed by atoms with E-state index in [2.05, 4.69) is 39.0 Å². The van der Waals surface area contributed by atoms with Gasteiger partial charge >= 0.3 is 0 Å². The Morgan fingerprint density at radius 3 is 2.48 bits per heavy atom. The lowest BCUT2D eigenvalue weighted by Crippen LogP contribution is -2.26. The van der Waals surface area contributed by atoms with Crippen LogP contribution >= 0.6 is 0 Å². The third kappa shape index (κ3) is 4.36. The maximum atomic E-state index is 12.6. The second-order valence-electron chi connectivity index (χ2n) is 6.41. The van der Waals surface area contributed by atoms with Crippen molar-refractivity contribution in [3.8, 4) is 0 Å². The Labute approximate surface area is 159 Å². The highest BCUT2D eigenvalue weighted by atomic mass is 32.2. The Bertz CT molecular complexity index is 923. The Morgan fingerprint density at radius 2 is 1.85 bits per heavy atom. The van der Waals surface area contributed by atoms with Crippen molar-refractivity contribution in [2.75, 3.05) is 28.0 Å². The molecule has 0 saturated heterocycles. The lowest BCUT2D eigenvalue weighted by Gasteiger charge is -2.21. The molecule has 0 spiro atoms. The molecular weight excluding hydrogens is 366 g/mol. The maximum absolute atomic E-state index is 12.6. The summed E-state index contributed by atoms with van der Waals surface area (Å²) in [5, 5.41) is 10.8. The van der Waals surface area contributed by atoms with E-state index < -0.39 is 10.0 Å². The van der Waals surface area contributed by atoms with Crippen LogP contribution in [0.3, 0.4) is 0 Å². The number of fused-ring (bicyclic) bond motifs is 1. The third-order valence-corrected chi connectivity index (χ3v) is 5.56. The van der Waals surface area contributed by atoms with Crippen molar-refractivity contribution in [1.82, 2.24) is 10.2 Å². The zero-order valence-corrected chi connectivity index (χ0v) is 16.2. The topological polar surface area (TPSA) is 104 Å². The molecule has 2 N–H and O–H groups in total. The second-order valence-corrected chi connectivity index (χ2v) is 8.10. The number of hydrogen-bond acceptors (Lipinski definition) is 6. The molecule has 1 amide bonds. The average molecular weight is 389 g/mol. The standard InChI is InChI=1S/C18H23N5O3S/c1-3-9-23(10-4-2)17-8-7-16(20-21-17)22-27(25,26)14-5-6-15-13(11-14)12-18(24)19-15/h5-8,11H,3-4,9-10,12H2,1-2H3,(H,19,24)(H,20,22). The fourth-order valence-corrected chi connectivity index (χ4v) is 4.05. The fourth-order valence-electron chi connectivity index (χ4n) is 3.00. The van der Waals surface area contributed by atoms with Gasteiger partial charge in [-0.2, -0.15) is 0 Å². The lowest BCUT2D eigenvalue weighted by atomic mass is 10.2. The molecule has 8 nitrogen and oxygen atoms in total. The summed E-state index contributed by atoms with van der Waals surface area (Å²) in [6, 6.07) is 7.93. The van der Waals surface area contributed by atoms with E-state index in [4.69, 9.17) is 0 Å². The summed E-state index contributed by atoms with van der Waals surface area (Å²) in [6.45, 7) is 5.93. The molecule has 27 heavy (non-hydrogen) atoms. The lowest BCUT2D eigenvalue weighted by molar-refractivity contribution is -0.115. The van der Waals surface area contributed by atoms with E-state index in [1.54, 1.807) is 18.2 Å². The van der Waals surface area contributed by atoms with Crippen LogP contribution < -0.4 is 14.9 Å². The van der Waals surface area contributed by atoms with Crippen molar-refractivity contribution in [3.05, 3.63) is 35.9 Å². The fraction of sp³-hybridized carbons (Fsp3) is 0.389. The number of anilines is 3. The van der Waals surface area contributed by atoms with Crippen LogP contribution in [-0.4, -0.2) is 37.6 Å². The van der Waals surface area contributed by atoms with E-state index in [1.807, 2.05) is 0 Å². The molecule has 0 saturated carbocycles. The van der Waals surface area contributed by atoms with Crippen LogP contribution in [0.4, 0.5) is 17.3 Å². The molecule has 3 rings (SSSR count). The maximum Gasteiger partial charge on any atom is 0.263 e. The average Bonchev–Trinajstić information content (AvgIpc) is 3.01. The SMILES string of the molecule is CCCN(CCC)c1ccc(NS(=O)(=O)c2ccc3c(c2)CC(=O)N3)nn1. The first kappa shape index (κ1) is 19.1. The number of carbonyl (C=O) groups excluding carboxylic acids is 1. The van der Waals surface area contributed by atoms with Gasteiger partial charge in [0.2, 0.25) is 5.91 Å². The van der Waals surface area contributed by atoms with Gasteiger partial charge in [-0.15, -0.1) is 10.2 Å². The summed E-state index contributed by atoms with van der Waals surface area (Å²) in [5.74, 6) is 0.739. The van der Waals surface area contributed by atoms with E-state index in [0.29, 0.717) is 11.3 Å². The molecule has 0 bridgehead atoms. The molecule has 0 aliphatic carbocycles. The molecule has 0 atom stereocenters. The minimum Gasteiger partial charge on any atom is -0.355 e. The summed E-state index contributed by atoms with van der Waals surface area (Å²) in [4.78, 5) is 13.6. The molecule has 1 aromatic heterocycles. The van der Waals surface area contributed by atoms with Gasteiger partial charge in [-0.05, 0) is 48.7 Å². The van der Waals surface area contributed by atoms with Gasteiger partial charge in [0.1, 0.15) is 0 Å². The Morgan fingerprint density at radius 1 is 1.11 bits per heavy atom. The molecule has 144 valence electrons. The van der Waals surface area contributed by atoms with Crippen molar-refractivity contribution >= 4 is 33.3 Å². The summed E-state index contributed by atoms with van der Waals surface area (Å²) in [6.07, 6.45) is 2.16. The van der Waals surface area contributed by atoms with E-state index >= 15 is 0 Å². The monoisotopic (exact) mass is 389 g/mol. The van der Waals surface area contributed by atoms with Crippen LogP contribution in [0.25, 0.3) is 0 Å². The molecule has 1 aromatic carbocycles. The Balaban J connectivity index is 1.76. The number of carbonyl (C=O) groups is 1. The molecule has 2 heterocycles. The number of hydrogen-bond donors (Lipinski definition) is 2. The molecule has 0 unspecified atom stereocenters. The molecule has 1 aliphatic heterocycles. The van der Waals surface area contributed by atoms with Gasteiger partial charge in [0.25, 0.3) is 10.0 Å². The van der Waals surface area contributed by atoms with E-state index in [9.17, 15) is 13.2 Å². The van der Waals surface area contributed by atoms with Crippen LogP contribution in [0.1, 0.15) is 32.3 Å². The first-order valence-corrected chi connectivity index (χ1v) is 10.5. The molecule has 9 heteroatoms. The molecule has 0 radical (unpaired) electrons. The minimum absolute atomic E-state index is 0.0854. The highest BCUT2D eigenvalue weighted by Gasteiger charge is 2.22. The van der Waals surface area contributed by atoms with Gasteiger partial charge in [-0.1, -0.05) is 13.8 Å². The molecule has 1 aliphatic rings. The van der Waals surface area contributed by atoms with E-state index in [1.165, 1.54) is 12.1 Å². The van der Waals surface area contributed by atoms with Crippen LogP contribution in [0.5, 0.6) is 0 Å². The summed E-state index contributed by atoms with van der Waals surface area (Å²) in [5.41, 5.74) is 1.31. The van der Waals surface area contributed by atoms with Crippen molar-refractivity contribution < 1.29 is 13.2 Å². The quantitative estimate of drug-likeness (QED) is 0.718. The Kier molecular flexibility index (Phi) is 5.59. The van der Waals surface area contributed by atoms with Gasteiger partial charge in [-0.25, -0.2) is 8.42 Å². The predicted octanol–water partition coefficient (Wildman–Crippen LogP) is 2.40. The normalized spacial score (nSPS) is 13.2. The van der Waals surface area contributed by atoms with E-state index in [0.717, 1.165) is 31.7 Å². The number of nitrogens with zero attached hydrogens (tertiary/aromatic N) is 3. The minimum atomic E-state index is -3.81. The van der Waals surface area contributed by atoms with Crippen molar-refractivity contribution in [2.24, 2.45) is 0 Å². The molecule has 0 fully saturated rings. The largest absolute Gasteiger partial charge is 0.355 e. The number of sulfonamides is 1. The molecule has 2 aromatic rings. The smallest absolute Gasteiger partial charge is 0.263 e. The highest BCUT2D eigenvalue weighted by molar-refractivity contribution is 7.92. The van der Waals surface area contributed by atoms with Crippen LogP contribution in [-0.2, 0) is 21.2 Å². The van der Waals surface area contributed by atoms with Crippen molar-refractivity contribution in [2.45, 2.75) is 38.0 Å². The number of aromatic nitrogens is 2. The zero-order valence-electron chi connectivity index (χ0n) is 15.4. The first-order valence-electron chi connectivity index (χ1n) is 8.97. The third-order valence-electron chi connectivity index (χ3n) is 4.21. The predicted molar refractivity (Wildman–Crippen MR) is 104 cm³/mol.